The van der Waals surface area contributed by atoms with Crippen molar-refractivity contribution in [2.75, 3.05) is 31.1 Å². The third-order valence-corrected chi connectivity index (χ3v) is 5.23. The van der Waals surface area contributed by atoms with Crippen molar-refractivity contribution < 1.29 is 9.59 Å². The molecule has 32 heavy (non-hydrogen) atoms. The van der Waals surface area contributed by atoms with Crippen LogP contribution in [0.4, 0.5) is 5.95 Å². The quantitative estimate of drug-likeness (QED) is 0.362. The van der Waals surface area contributed by atoms with Gasteiger partial charge in [0, 0.05) is 49.7 Å². The van der Waals surface area contributed by atoms with Crippen LogP contribution in [0.2, 0.25) is 0 Å². The van der Waals surface area contributed by atoms with Crippen molar-refractivity contribution in [3.8, 4) is 0 Å². The number of carbonyl (C=O) groups is 2. The molecule has 1 aliphatic rings. The van der Waals surface area contributed by atoms with Crippen LogP contribution >= 0.6 is 0 Å². The molecule has 4 N–H and O–H groups in total. The van der Waals surface area contributed by atoms with Gasteiger partial charge in [0.2, 0.25) is 5.95 Å². The molecule has 0 unspecified atom stereocenters. The van der Waals surface area contributed by atoms with Crippen LogP contribution in [-0.2, 0) is 10.2 Å². The predicted octanol–water partition coefficient (Wildman–Crippen LogP) is 2.00. The van der Waals surface area contributed by atoms with Gasteiger partial charge in [0.05, 0.1) is 11.4 Å². The highest BCUT2D eigenvalue weighted by Crippen LogP contribution is 2.22. The number of allylic oxidation sites excluding steroid dienone is 3. The average Bonchev–Trinajstić information content (AvgIpc) is 2.81. The lowest BCUT2D eigenvalue weighted by Gasteiger charge is -2.27. The summed E-state index contributed by atoms with van der Waals surface area (Å²) >= 11 is 0. The molecule has 0 aliphatic carbocycles. The number of hydrogen-bond acceptors (Lipinski definition) is 7. The summed E-state index contributed by atoms with van der Waals surface area (Å²) in [7, 11) is 0. The van der Waals surface area contributed by atoms with E-state index in [1.165, 1.54) is 12.3 Å². The molecular formula is C24H30N6O2. The number of rotatable bonds is 6. The molecular weight excluding hydrogens is 404 g/mol. The van der Waals surface area contributed by atoms with Crippen LogP contribution < -0.4 is 21.3 Å². The van der Waals surface area contributed by atoms with Crippen LogP contribution in [0.25, 0.3) is 5.57 Å². The number of amides is 1. The topological polar surface area (TPSA) is 113 Å². The summed E-state index contributed by atoms with van der Waals surface area (Å²) in [5, 5.41) is 5.94. The average molecular weight is 435 g/mol. The standard InChI is InChI=1S/C24H30N6O2/c1-24(2,3)19-6-4-17(5-7-19)22(32)28-20(16-31)14-18(15-25)21-8-9-27-23(29-21)30-12-10-26-11-13-30/h4-9,14-16,26H,10-13,25H2,1-3H3,(H,28,32)/b18-15+,20-14+. The maximum atomic E-state index is 12.6. The molecule has 0 spiro atoms. The van der Waals surface area contributed by atoms with E-state index in [4.69, 9.17) is 5.73 Å². The van der Waals surface area contributed by atoms with Gasteiger partial charge in [0.15, 0.2) is 6.29 Å². The third kappa shape index (κ3) is 5.79. The van der Waals surface area contributed by atoms with Crippen molar-refractivity contribution in [2.24, 2.45) is 5.73 Å². The minimum atomic E-state index is -0.371. The van der Waals surface area contributed by atoms with Gasteiger partial charge in [-0.05, 0) is 35.3 Å². The molecule has 1 aliphatic heterocycles. The van der Waals surface area contributed by atoms with E-state index in [1.54, 1.807) is 24.4 Å². The maximum absolute atomic E-state index is 12.6. The number of carbonyl (C=O) groups excluding carboxylic acids is 2. The lowest BCUT2D eigenvalue weighted by molar-refractivity contribution is -0.105. The van der Waals surface area contributed by atoms with E-state index < -0.39 is 0 Å². The summed E-state index contributed by atoms with van der Waals surface area (Å²) in [4.78, 5) is 35.3. The molecule has 1 aromatic heterocycles. The van der Waals surface area contributed by atoms with Crippen molar-refractivity contribution in [3.05, 3.63) is 71.3 Å². The molecule has 1 saturated heterocycles. The van der Waals surface area contributed by atoms with Gasteiger partial charge in [-0.15, -0.1) is 0 Å². The predicted molar refractivity (Wildman–Crippen MR) is 126 cm³/mol. The Hall–Kier alpha value is -3.52. The number of nitrogens with two attached hydrogens (primary N) is 1. The van der Waals surface area contributed by atoms with E-state index in [0.29, 0.717) is 29.1 Å². The summed E-state index contributed by atoms with van der Waals surface area (Å²) in [6.45, 7) is 9.68. The molecule has 1 fully saturated rings. The number of anilines is 1. The van der Waals surface area contributed by atoms with Gasteiger partial charge in [-0.25, -0.2) is 9.97 Å². The van der Waals surface area contributed by atoms with Gasteiger partial charge >= 0.3 is 0 Å². The van der Waals surface area contributed by atoms with E-state index in [-0.39, 0.29) is 17.0 Å². The lowest BCUT2D eigenvalue weighted by Crippen LogP contribution is -2.44. The molecule has 3 rings (SSSR count). The van der Waals surface area contributed by atoms with E-state index in [9.17, 15) is 9.59 Å². The second-order valence-electron chi connectivity index (χ2n) is 8.60. The van der Waals surface area contributed by atoms with Crippen LogP contribution in [0.15, 0.2) is 54.5 Å². The molecule has 2 aromatic rings. The number of aromatic nitrogens is 2. The minimum absolute atomic E-state index is 0.00914. The molecule has 0 atom stereocenters. The number of benzene rings is 1. The van der Waals surface area contributed by atoms with Crippen molar-refractivity contribution in [1.29, 1.82) is 0 Å². The summed E-state index contributed by atoms with van der Waals surface area (Å²) < 4.78 is 0. The number of hydrogen-bond donors (Lipinski definition) is 3. The van der Waals surface area contributed by atoms with Crippen molar-refractivity contribution in [2.45, 2.75) is 26.2 Å². The van der Waals surface area contributed by atoms with Crippen LogP contribution in [0.5, 0.6) is 0 Å². The normalized spacial score (nSPS) is 15.4. The van der Waals surface area contributed by atoms with Crippen LogP contribution in [-0.4, -0.2) is 48.3 Å². The van der Waals surface area contributed by atoms with Crippen molar-refractivity contribution >= 4 is 23.7 Å². The first-order valence-corrected chi connectivity index (χ1v) is 10.6. The second kappa shape index (κ2) is 10.2. The van der Waals surface area contributed by atoms with Gasteiger partial charge in [-0.1, -0.05) is 32.9 Å². The zero-order chi connectivity index (χ0) is 23.1. The SMILES string of the molecule is CC(C)(C)c1ccc(C(=O)N/C(C=O)=C/C(=C\N)c2ccnc(N3CCNCC3)n2)cc1. The Bertz CT molecular complexity index is 1020. The van der Waals surface area contributed by atoms with Crippen LogP contribution in [0, 0.1) is 0 Å². The van der Waals surface area contributed by atoms with Crippen molar-refractivity contribution in [3.63, 3.8) is 0 Å². The van der Waals surface area contributed by atoms with Crippen molar-refractivity contribution in [1.82, 2.24) is 20.6 Å². The van der Waals surface area contributed by atoms with Crippen LogP contribution in [0.1, 0.15) is 42.4 Å². The first-order valence-electron chi connectivity index (χ1n) is 10.6. The fraction of sp³-hybridized carbons (Fsp3) is 0.333. The van der Waals surface area contributed by atoms with E-state index in [0.717, 1.165) is 31.7 Å². The fourth-order valence-corrected chi connectivity index (χ4v) is 3.33. The Kier molecular flexibility index (Phi) is 7.37. The van der Waals surface area contributed by atoms with Gasteiger partial charge < -0.3 is 21.3 Å². The Morgan fingerprint density at radius 3 is 2.44 bits per heavy atom. The second-order valence-corrected chi connectivity index (χ2v) is 8.60. The van der Waals surface area contributed by atoms with Gasteiger partial charge in [-0.2, -0.15) is 0 Å². The number of aldehydes is 1. The molecule has 0 bridgehead atoms. The Morgan fingerprint density at radius 1 is 1.16 bits per heavy atom. The number of nitrogens with zero attached hydrogens (tertiary/aromatic N) is 3. The summed E-state index contributed by atoms with van der Waals surface area (Å²) in [5.74, 6) is 0.233. The highest BCUT2D eigenvalue weighted by Gasteiger charge is 2.16. The van der Waals surface area contributed by atoms with Gasteiger partial charge in [0.1, 0.15) is 0 Å². The highest BCUT2D eigenvalue weighted by atomic mass is 16.2. The van der Waals surface area contributed by atoms with E-state index >= 15 is 0 Å². The number of piperazine rings is 1. The van der Waals surface area contributed by atoms with Crippen LogP contribution in [0.3, 0.4) is 0 Å². The minimum Gasteiger partial charge on any atom is -0.404 e. The monoisotopic (exact) mass is 434 g/mol. The van der Waals surface area contributed by atoms with Gasteiger partial charge in [0.25, 0.3) is 5.91 Å². The zero-order valence-corrected chi connectivity index (χ0v) is 18.8. The molecule has 1 amide bonds. The summed E-state index contributed by atoms with van der Waals surface area (Å²) in [5.41, 5.74) is 8.56. The molecule has 1 aromatic carbocycles. The van der Waals surface area contributed by atoms with Gasteiger partial charge in [-0.3, -0.25) is 9.59 Å². The van der Waals surface area contributed by atoms with E-state index in [2.05, 4.69) is 46.3 Å². The summed E-state index contributed by atoms with van der Waals surface area (Å²) in [6, 6.07) is 9.06. The Labute approximate surface area is 188 Å². The number of nitrogens with one attached hydrogen (secondary N) is 2. The molecule has 0 radical (unpaired) electrons. The molecule has 8 heteroatoms. The third-order valence-electron chi connectivity index (χ3n) is 5.23. The first-order chi connectivity index (χ1) is 15.3. The molecule has 8 nitrogen and oxygen atoms in total. The first kappa shape index (κ1) is 23.1. The smallest absolute Gasteiger partial charge is 0.255 e. The lowest BCUT2D eigenvalue weighted by atomic mass is 9.87. The highest BCUT2D eigenvalue weighted by molar-refractivity contribution is 5.99. The molecule has 168 valence electrons. The van der Waals surface area contributed by atoms with E-state index in [1.807, 2.05) is 12.1 Å². The Morgan fingerprint density at radius 2 is 1.84 bits per heavy atom. The largest absolute Gasteiger partial charge is 0.404 e. The Balaban J connectivity index is 1.77. The fourth-order valence-electron chi connectivity index (χ4n) is 3.33. The molecule has 2 heterocycles. The summed E-state index contributed by atoms with van der Waals surface area (Å²) in [6.07, 6.45) is 5.12. The zero-order valence-electron chi connectivity index (χ0n) is 18.8. The maximum Gasteiger partial charge on any atom is 0.255 e. The molecule has 0 saturated carbocycles.